The fraction of sp³-hybridized carbons (Fsp3) is 1.00. The molecule has 6 heteroatoms. The molecule has 1 aliphatic carbocycles. The Morgan fingerprint density at radius 3 is 2.67 bits per heavy atom. The second-order valence-corrected chi connectivity index (χ2v) is 9.11. The Morgan fingerprint density at radius 1 is 1.29 bits per heavy atom. The standard InChI is InChI=1S/C15H30N2O3S/c1-16(2)21(18,19)12-6-11-17-10-5-9-15(13-17)8-4-7-14(15)20-3/h14H,4-13H2,1-3H3/t14-,15+/m1/s1. The largest absolute Gasteiger partial charge is 0.381 e. The predicted molar refractivity (Wildman–Crippen MR) is 84.8 cm³/mol. The molecule has 2 atom stereocenters. The van der Waals surface area contributed by atoms with Crippen LogP contribution in [0.3, 0.4) is 0 Å². The maximum atomic E-state index is 11.8. The summed E-state index contributed by atoms with van der Waals surface area (Å²) in [5, 5.41) is 0. The van der Waals surface area contributed by atoms with E-state index in [4.69, 9.17) is 4.74 Å². The summed E-state index contributed by atoms with van der Waals surface area (Å²) in [6.45, 7) is 3.05. The quantitative estimate of drug-likeness (QED) is 0.745. The van der Waals surface area contributed by atoms with E-state index >= 15 is 0 Å². The van der Waals surface area contributed by atoms with E-state index in [0.29, 0.717) is 17.9 Å². The van der Waals surface area contributed by atoms with E-state index in [1.165, 1.54) is 36.4 Å². The number of hydrogen-bond donors (Lipinski definition) is 0. The lowest BCUT2D eigenvalue weighted by Crippen LogP contribution is -2.48. The van der Waals surface area contributed by atoms with E-state index in [0.717, 1.165) is 19.6 Å². The molecule has 1 saturated carbocycles. The molecule has 0 aromatic rings. The molecule has 2 aliphatic rings. The zero-order valence-corrected chi connectivity index (χ0v) is 14.5. The Labute approximate surface area is 129 Å². The number of rotatable bonds is 6. The van der Waals surface area contributed by atoms with Crippen molar-refractivity contribution in [3.63, 3.8) is 0 Å². The molecule has 0 aromatic carbocycles. The highest BCUT2D eigenvalue weighted by atomic mass is 32.2. The van der Waals surface area contributed by atoms with Crippen molar-refractivity contribution in [1.29, 1.82) is 0 Å². The van der Waals surface area contributed by atoms with Gasteiger partial charge in [0, 0.05) is 33.2 Å². The predicted octanol–water partition coefficient (Wildman–Crippen LogP) is 1.55. The second kappa shape index (κ2) is 6.94. The topological polar surface area (TPSA) is 49.9 Å². The first-order valence-corrected chi connectivity index (χ1v) is 9.66. The van der Waals surface area contributed by atoms with Gasteiger partial charge in [-0.25, -0.2) is 12.7 Å². The fourth-order valence-electron chi connectivity index (χ4n) is 4.04. The fourth-order valence-corrected chi connectivity index (χ4v) is 4.90. The third kappa shape index (κ3) is 3.97. The number of hydrogen-bond acceptors (Lipinski definition) is 4. The third-order valence-electron chi connectivity index (χ3n) is 5.23. The zero-order chi connectivity index (χ0) is 15.5. The van der Waals surface area contributed by atoms with Gasteiger partial charge in [-0.05, 0) is 45.2 Å². The van der Waals surface area contributed by atoms with Gasteiger partial charge >= 0.3 is 0 Å². The number of ether oxygens (including phenoxy) is 1. The van der Waals surface area contributed by atoms with Gasteiger partial charge in [0.05, 0.1) is 11.9 Å². The van der Waals surface area contributed by atoms with Gasteiger partial charge in [0.15, 0.2) is 0 Å². The third-order valence-corrected chi connectivity index (χ3v) is 7.15. The van der Waals surface area contributed by atoms with Crippen LogP contribution in [0.4, 0.5) is 0 Å². The van der Waals surface area contributed by atoms with E-state index in [-0.39, 0.29) is 5.75 Å². The molecule has 1 saturated heterocycles. The lowest BCUT2D eigenvalue weighted by atomic mass is 9.76. The minimum absolute atomic E-state index is 0.247. The number of sulfonamides is 1. The summed E-state index contributed by atoms with van der Waals surface area (Å²) < 4.78 is 30.7. The number of piperidine rings is 1. The Hall–Kier alpha value is -0.170. The van der Waals surface area contributed by atoms with Crippen LogP contribution in [0.15, 0.2) is 0 Å². The minimum Gasteiger partial charge on any atom is -0.381 e. The summed E-state index contributed by atoms with van der Waals surface area (Å²) in [7, 11) is 1.98. The molecule has 0 N–H and O–H groups in total. The molecule has 21 heavy (non-hydrogen) atoms. The van der Waals surface area contributed by atoms with Crippen molar-refractivity contribution >= 4 is 10.0 Å². The summed E-state index contributed by atoms with van der Waals surface area (Å²) in [5.74, 6) is 0.247. The number of methoxy groups -OCH3 is 1. The molecule has 1 heterocycles. The van der Waals surface area contributed by atoms with Crippen LogP contribution in [0.2, 0.25) is 0 Å². The van der Waals surface area contributed by atoms with Gasteiger partial charge in [-0.2, -0.15) is 0 Å². The molecule has 0 unspecified atom stereocenters. The first-order valence-electron chi connectivity index (χ1n) is 8.05. The average Bonchev–Trinajstić information content (AvgIpc) is 2.80. The van der Waals surface area contributed by atoms with Crippen LogP contribution >= 0.6 is 0 Å². The van der Waals surface area contributed by atoms with Crippen LogP contribution in [-0.2, 0) is 14.8 Å². The van der Waals surface area contributed by atoms with Gasteiger partial charge in [0.2, 0.25) is 10.0 Å². The van der Waals surface area contributed by atoms with E-state index in [1.54, 1.807) is 14.1 Å². The molecule has 0 amide bonds. The highest BCUT2D eigenvalue weighted by Gasteiger charge is 2.45. The molecule has 1 aliphatic heterocycles. The van der Waals surface area contributed by atoms with Crippen LogP contribution in [-0.4, -0.2) is 70.3 Å². The van der Waals surface area contributed by atoms with Crippen molar-refractivity contribution in [2.24, 2.45) is 5.41 Å². The highest BCUT2D eigenvalue weighted by molar-refractivity contribution is 7.89. The van der Waals surface area contributed by atoms with Crippen molar-refractivity contribution in [3.05, 3.63) is 0 Å². The van der Waals surface area contributed by atoms with Crippen molar-refractivity contribution in [3.8, 4) is 0 Å². The summed E-state index contributed by atoms with van der Waals surface area (Å²) in [4.78, 5) is 2.45. The molecule has 5 nitrogen and oxygen atoms in total. The number of nitrogens with zero attached hydrogens (tertiary/aromatic N) is 2. The Balaban J connectivity index is 1.85. The van der Waals surface area contributed by atoms with Gasteiger partial charge in [-0.15, -0.1) is 0 Å². The lowest BCUT2D eigenvalue weighted by molar-refractivity contribution is -0.0346. The van der Waals surface area contributed by atoms with Crippen molar-refractivity contribution in [2.75, 3.05) is 46.6 Å². The lowest BCUT2D eigenvalue weighted by Gasteiger charge is -2.43. The zero-order valence-electron chi connectivity index (χ0n) is 13.7. The van der Waals surface area contributed by atoms with Crippen molar-refractivity contribution in [1.82, 2.24) is 9.21 Å². The normalized spacial score (nSPS) is 31.3. The van der Waals surface area contributed by atoms with Crippen LogP contribution in [0.25, 0.3) is 0 Å². The molecule has 0 radical (unpaired) electrons. The van der Waals surface area contributed by atoms with Gasteiger partial charge < -0.3 is 9.64 Å². The van der Waals surface area contributed by atoms with Crippen LogP contribution in [0, 0.1) is 5.41 Å². The second-order valence-electron chi connectivity index (χ2n) is 6.81. The molecular formula is C15H30N2O3S. The van der Waals surface area contributed by atoms with Crippen molar-refractivity contribution < 1.29 is 13.2 Å². The summed E-state index contributed by atoms with van der Waals surface area (Å²) in [6, 6.07) is 0. The van der Waals surface area contributed by atoms with Crippen LogP contribution in [0.1, 0.15) is 38.5 Å². The first kappa shape index (κ1) is 17.2. The van der Waals surface area contributed by atoms with Gasteiger partial charge in [0.1, 0.15) is 0 Å². The SMILES string of the molecule is CO[C@@H]1CCC[C@@]12CCCN(CCCS(=O)(=O)N(C)C)C2. The monoisotopic (exact) mass is 318 g/mol. The molecule has 1 spiro atoms. The van der Waals surface area contributed by atoms with Crippen LogP contribution in [0.5, 0.6) is 0 Å². The highest BCUT2D eigenvalue weighted by Crippen LogP contribution is 2.46. The van der Waals surface area contributed by atoms with E-state index in [2.05, 4.69) is 4.90 Å². The Bertz CT molecular complexity index is 438. The van der Waals surface area contributed by atoms with Crippen molar-refractivity contribution in [2.45, 2.75) is 44.6 Å². The molecule has 0 aromatic heterocycles. The maximum Gasteiger partial charge on any atom is 0.213 e. The molecule has 124 valence electrons. The minimum atomic E-state index is -3.06. The van der Waals surface area contributed by atoms with Gasteiger partial charge in [0.25, 0.3) is 0 Å². The summed E-state index contributed by atoms with van der Waals surface area (Å²) >= 11 is 0. The smallest absolute Gasteiger partial charge is 0.213 e. The molecular weight excluding hydrogens is 288 g/mol. The average molecular weight is 318 g/mol. The summed E-state index contributed by atoms with van der Waals surface area (Å²) in [6.07, 6.45) is 7.29. The maximum absolute atomic E-state index is 11.8. The number of likely N-dealkylation sites (tertiary alicyclic amines) is 1. The van der Waals surface area contributed by atoms with E-state index in [9.17, 15) is 8.42 Å². The molecule has 2 rings (SSSR count). The first-order chi connectivity index (χ1) is 9.89. The van der Waals surface area contributed by atoms with E-state index < -0.39 is 10.0 Å². The Morgan fingerprint density at radius 2 is 2.00 bits per heavy atom. The van der Waals surface area contributed by atoms with Gasteiger partial charge in [-0.1, -0.05) is 6.42 Å². The molecule has 2 fully saturated rings. The van der Waals surface area contributed by atoms with Gasteiger partial charge in [-0.3, -0.25) is 0 Å². The van der Waals surface area contributed by atoms with Crippen LogP contribution < -0.4 is 0 Å². The van der Waals surface area contributed by atoms with E-state index in [1.807, 2.05) is 7.11 Å². The summed E-state index contributed by atoms with van der Waals surface area (Å²) in [5.41, 5.74) is 0.327. The molecule has 0 bridgehead atoms. The Kier molecular flexibility index (Phi) is 5.68.